The third-order valence-corrected chi connectivity index (χ3v) is 5.11. The fourth-order valence-corrected chi connectivity index (χ4v) is 3.52. The van der Waals surface area contributed by atoms with Crippen LogP contribution in [-0.2, 0) is 10.5 Å². The Morgan fingerprint density at radius 3 is 3.00 bits per heavy atom. The van der Waals surface area contributed by atoms with Gasteiger partial charge >= 0.3 is 0 Å². The number of carbonyl (C=O) groups is 1. The molecule has 1 fully saturated rings. The van der Waals surface area contributed by atoms with Gasteiger partial charge in [-0.25, -0.2) is 9.07 Å². The van der Waals surface area contributed by atoms with E-state index >= 15 is 0 Å². The largest absolute Gasteiger partial charge is 0.345 e. The monoisotopic (exact) mass is 340 g/mol. The number of nitrogens with zero attached hydrogens (tertiary/aromatic N) is 4. The molecule has 116 valence electrons. The van der Waals surface area contributed by atoms with Gasteiger partial charge in [-0.2, -0.15) is 0 Å². The molecule has 1 amide bonds. The van der Waals surface area contributed by atoms with Crippen LogP contribution in [0.5, 0.6) is 0 Å². The number of hydrogen-bond acceptors (Lipinski definition) is 4. The van der Waals surface area contributed by atoms with Gasteiger partial charge in [0.25, 0.3) is 0 Å². The number of thioether (sulfide) groups is 1. The number of carbonyl (C=O) groups excluding carboxylic acids is 1. The second-order valence-corrected chi connectivity index (χ2v) is 6.70. The molecule has 8 heteroatoms. The van der Waals surface area contributed by atoms with Gasteiger partial charge in [0.2, 0.25) is 5.91 Å². The lowest BCUT2D eigenvalue weighted by Crippen LogP contribution is -2.23. The van der Waals surface area contributed by atoms with E-state index in [0.717, 1.165) is 18.7 Å². The van der Waals surface area contributed by atoms with E-state index in [1.165, 1.54) is 12.1 Å². The lowest BCUT2D eigenvalue weighted by Gasteiger charge is -2.08. The van der Waals surface area contributed by atoms with E-state index in [1.807, 2.05) is 7.05 Å². The maximum atomic E-state index is 13.2. The molecule has 0 N–H and O–H groups in total. The molecule has 22 heavy (non-hydrogen) atoms. The highest BCUT2D eigenvalue weighted by atomic mass is 35.5. The summed E-state index contributed by atoms with van der Waals surface area (Å²) in [4.78, 5) is 13.6. The van der Waals surface area contributed by atoms with Crippen molar-refractivity contribution in [3.05, 3.63) is 40.9 Å². The summed E-state index contributed by atoms with van der Waals surface area (Å²) in [6.45, 7) is 0.803. The summed E-state index contributed by atoms with van der Waals surface area (Å²) in [7, 11) is 1.82. The van der Waals surface area contributed by atoms with E-state index in [2.05, 4.69) is 10.3 Å². The zero-order valence-electron chi connectivity index (χ0n) is 11.9. The minimum absolute atomic E-state index is 0.00424. The number of amides is 1. The van der Waals surface area contributed by atoms with Gasteiger partial charge in [-0.15, -0.1) is 16.9 Å². The summed E-state index contributed by atoms with van der Waals surface area (Å²) in [6.07, 6.45) is 2.63. The summed E-state index contributed by atoms with van der Waals surface area (Å²) in [5.74, 6) is 0.312. The Morgan fingerprint density at radius 2 is 2.32 bits per heavy atom. The number of rotatable bonds is 4. The topological polar surface area (TPSA) is 51.0 Å². The van der Waals surface area contributed by atoms with Crippen LogP contribution in [0.1, 0.15) is 12.1 Å². The zero-order chi connectivity index (χ0) is 15.7. The SMILES string of the molecule is CN1CC[C@H](SCc2cn(-c3ccc(F)c(Cl)c3)nn2)C1=O. The Morgan fingerprint density at radius 1 is 1.50 bits per heavy atom. The van der Waals surface area contributed by atoms with Crippen LogP contribution in [0.15, 0.2) is 24.4 Å². The molecule has 0 spiro atoms. The van der Waals surface area contributed by atoms with E-state index < -0.39 is 5.82 Å². The molecule has 2 aromatic rings. The van der Waals surface area contributed by atoms with Crippen molar-refractivity contribution in [1.82, 2.24) is 19.9 Å². The maximum Gasteiger partial charge on any atom is 0.235 e. The molecule has 0 unspecified atom stereocenters. The quantitative estimate of drug-likeness (QED) is 0.858. The number of hydrogen-bond donors (Lipinski definition) is 0. The van der Waals surface area contributed by atoms with Gasteiger partial charge in [0.05, 0.1) is 27.9 Å². The van der Waals surface area contributed by atoms with Gasteiger partial charge in [0, 0.05) is 19.3 Å². The van der Waals surface area contributed by atoms with E-state index in [-0.39, 0.29) is 16.2 Å². The first-order chi connectivity index (χ1) is 10.5. The summed E-state index contributed by atoms with van der Waals surface area (Å²) in [5.41, 5.74) is 1.42. The highest BCUT2D eigenvalue weighted by Gasteiger charge is 2.29. The van der Waals surface area contributed by atoms with Crippen molar-refractivity contribution in [2.75, 3.05) is 13.6 Å². The molecule has 5 nitrogen and oxygen atoms in total. The van der Waals surface area contributed by atoms with Crippen molar-refractivity contribution in [2.45, 2.75) is 17.4 Å². The molecule has 0 radical (unpaired) electrons. The highest BCUT2D eigenvalue weighted by Crippen LogP contribution is 2.26. The average molecular weight is 341 g/mol. The predicted molar refractivity (Wildman–Crippen MR) is 83.7 cm³/mol. The van der Waals surface area contributed by atoms with Crippen molar-refractivity contribution in [3.63, 3.8) is 0 Å². The Labute approximate surface area is 136 Å². The minimum Gasteiger partial charge on any atom is -0.345 e. The molecule has 1 aromatic carbocycles. The molecule has 1 aliphatic rings. The molecule has 0 aliphatic carbocycles. The Kier molecular flexibility index (Phi) is 4.35. The van der Waals surface area contributed by atoms with Crippen LogP contribution < -0.4 is 0 Å². The molecular weight excluding hydrogens is 327 g/mol. The standard InChI is InChI=1S/C14H14ClFN4OS/c1-19-5-4-13(14(19)21)22-8-9-7-20(18-17-9)10-2-3-12(16)11(15)6-10/h2-3,6-7,13H,4-5,8H2,1H3/t13-/m0/s1. The van der Waals surface area contributed by atoms with Crippen molar-refractivity contribution in [2.24, 2.45) is 0 Å². The van der Waals surface area contributed by atoms with Crippen LogP contribution in [0.2, 0.25) is 5.02 Å². The van der Waals surface area contributed by atoms with Gasteiger partial charge < -0.3 is 4.90 Å². The molecule has 2 heterocycles. The van der Waals surface area contributed by atoms with Gasteiger partial charge in [0.1, 0.15) is 5.82 Å². The number of halogens is 2. The summed E-state index contributed by atoms with van der Waals surface area (Å²) >= 11 is 7.33. The minimum atomic E-state index is -0.467. The molecule has 1 aromatic heterocycles. The molecule has 0 saturated carbocycles. The van der Waals surface area contributed by atoms with Crippen LogP contribution in [0, 0.1) is 5.82 Å². The second kappa shape index (κ2) is 6.26. The van der Waals surface area contributed by atoms with Crippen LogP contribution in [0.4, 0.5) is 4.39 Å². The maximum absolute atomic E-state index is 13.2. The van der Waals surface area contributed by atoms with Crippen LogP contribution in [0.25, 0.3) is 5.69 Å². The lowest BCUT2D eigenvalue weighted by atomic mass is 10.3. The first kappa shape index (κ1) is 15.3. The summed E-state index contributed by atoms with van der Waals surface area (Å²) in [5, 5.41) is 8.13. The van der Waals surface area contributed by atoms with E-state index in [9.17, 15) is 9.18 Å². The Hall–Kier alpha value is -1.60. The van der Waals surface area contributed by atoms with E-state index in [4.69, 9.17) is 11.6 Å². The fourth-order valence-electron chi connectivity index (χ4n) is 2.25. The van der Waals surface area contributed by atoms with Gasteiger partial charge in [0.15, 0.2) is 0 Å². The third-order valence-electron chi connectivity index (χ3n) is 3.52. The molecular formula is C14H14ClFN4OS. The van der Waals surface area contributed by atoms with Crippen molar-refractivity contribution in [3.8, 4) is 5.69 Å². The van der Waals surface area contributed by atoms with Gasteiger partial charge in [-0.3, -0.25) is 4.79 Å². The summed E-state index contributed by atoms with van der Waals surface area (Å²) in [6, 6.07) is 4.38. The van der Waals surface area contributed by atoms with Crippen molar-refractivity contribution >= 4 is 29.3 Å². The number of aromatic nitrogens is 3. The fraction of sp³-hybridized carbons (Fsp3) is 0.357. The highest BCUT2D eigenvalue weighted by molar-refractivity contribution is 7.99. The zero-order valence-corrected chi connectivity index (χ0v) is 13.4. The summed E-state index contributed by atoms with van der Waals surface area (Å²) < 4.78 is 14.7. The normalized spacial score (nSPS) is 18.2. The predicted octanol–water partition coefficient (Wildman–Crippen LogP) is 2.52. The van der Waals surface area contributed by atoms with Crippen LogP contribution in [0.3, 0.4) is 0 Å². The van der Waals surface area contributed by atoms with E-state index in [0.29, 0.717) is 11.4 Å². The first-order valence-corrected chi connectivity index (χ1v) is 8.20. The van der Waals surface area contributed by atoms with Crippen LogP contribution in [-0.4, -0.2) is 44.6 Å². The number of likely N-dealkylation sites (tertiary alicyclic amines) is 1. The molecule has 1 aliphatic heterocycles. The average Bonchev–Trinajstić information content (AvgIpc) is 3.09. The van der Waals surface area contributed by atoms with E-state index in [1.54, 1.807) is 33.6 Å². The molecule has 3 rings (SSSR count). The third kappa shape index (κ3) is 3.10. The molecule has 0 bridgehead atoms. The first-order valence-electron chi connectivity index (χ1n) is 6.78. The van der Waals surface area contributed by atoms with Crippen molar-refractivity contribution in [1.29, 1.82) is 0 Å². The Balaban J connectivity index is 1.66. The van der Waals surface area contributed by atoms with Gasteiger partial charge in [-0.1, -0.05) is 16.8 Å². The molecule has 1 saturated heterocycles. The second-order valence-electron chi connectivity index (χ2n) is 5.10. The smallest absolute Gasteiger partial charge is 0.235 e. The Bertz CT molecular complexity index is 708. The lowest BCUT2D eigenvalue weighted by molar-refractivity contribution is -0.126. The molecule has 1 atom stereocenters. The van der Waals surface area contributed by atoms with Gasteiger partial charge in [-0.05, 0) is 24.6 Å². The van der Waals surface area contributed by atoms with Crippen LogP contribution >= 0.6 is 23.4 Å². The van der Waals surface area contributed by atoms with Crippen molar-refractivity contribution < 1.29 is 9.18 Å². The number of benzene rings is 1.